The number of aromatic nitrogens is 1. The number of carbonyl (C=O) groups is 1. The average Bonchev–Trinajstić information content (AvgIpc) is 3.30. The van der Waals surface area contributed by atoms with Crippen molar-refractivity contribution < 1.29 is 13.2 Å². The summed E-state index contributed by atoms with van der Waals surface area (Å²) >= 11 is 1.10. The van der Waals surface area contributed by atoms with Crippen LogP contribution in [-0.2, 0) is 10.0 Å². The van der Waals surface area contributed by atoms with Crippen LogP contribution in [0.15, 0.2) is 57.3 Å². The van der Waals surface area contributed by atoms with E-state index in [0.29, 0.717) is 5.71 Å². The van der Waals surface area contributed by atoms with E-state index in [1.54, 1.807) is 36.6 Å². The van der Waals surface area contributed by atoms with E-state index < -0.39 is 15.9 Å². The number of sulfonamides is 1. The molecule has 0 atom stereocenters. The van der Waals surface area contributed by atoms with Crippen molar-refractivity contribution in [1.82, 2.24) is 10.4 Å². The zero-order chi connectivity index (χ0) is 20.3. The van der Waals surface area contributed by atoms with Crippen LogP contribution < -0.4 is 10.1 Å². The first-order valence-corrected chi connectivity index (χ1v) is 10.8. The molecule has 0 bridgehead atoms. The van der Waals surface area contributed by atoms with Crippen LogP contribution in [0.5, 0.6) is 0 Å². The van der Waals surface area contributed by atoms with E-state index in [2.05, 4.69) is 20.2 Å². The molecular weight excluding hydrogens is 396 g/mol. The van der Waals surface area contributed by atoms with Crippen LogP contribution in [0.25, 0.3) is 0 Å². The second kappa shape index (κ2) is 7.99. The van der Waals surface area contributed by atoms with Gasteiger partial charge in [-0.1, -0.05) is 18.2 Å². The van der Waals surface area contributed by atoms with Crippen LogP contribution in [0.3, 0.4) is 0 Å². The minimum absolute atomic E-state index is 0.176. The quantitative estimate of drug-likeness (QED) is 0.422. The van der Waals surface area contributed by atoms with Gasteiger partial charge >= 0.3 is 0 Å². The number of aryl methyl sites for hydroxylation is 2. The van der Waals surface area contributed by atoms with Crippen molar-refractivity contribution in [2.24, 2.45) is 5.10 Å². The molecule has 1 amide bonds. The van der Waals surface area contributed by atoms with E-state index >= 15 is 0 Å². The lowest BCUT2D eigenvalue weighted by atomic mass is 10.1. The van der Waals surface area contributed by atoms with Gasteiger partial charge in [0.15, 0.2) is 0 Å². The molecule has 2 heterocycles. The third-order valence-electron chi connectivity index (χ3n) is 4.14. The molecule has 0 radical (unpaired) electrons. The van der Waals surface area contributed by atoms with Gasteiger partial charge in [0.25, 0.3) is 15.9 Å². The van der Waals surface area contributed by atoms with E-state index in [9.17, 15) is 13.2 Å². The molecule has 0 aliphatic carbocycles. The number of hydrogen-bond acceptors (Lipinski definition) is 5. The number of hydrazone groups is 1. The highest BCUT2D eigenvalue weighted by molar-refractivity contribution is 7.94. The summed E-state index contributed by atoms with van der Waals surface area (Å²) in [6.07, 6.45) is 1.88. The van der Waals surface area contributed by atoms with Gasteiger partial charge < -0.3 is 4.98 Å². The molecule has 9 heteroatoms. The Balaban J connectivity index is 1.83. The molecule has 7 nitrogen and oxygen atoms in total. The topological polar surface area (TPSA) is 103 Å². The smallest absolute Gasteiger partial charge is 0.273 e. The van der Waals surface area contributed by atoms with Gasteiger partial charge in [-0.05, 0) is 49.9 Å². The fourth-order valence-corrected chi connectivity index (χ4v) is 4.92. The fourth-order valence-electron chi connectivity index (χ4n) is 2.85. The second-order valence-electron chi connectivity index (χ2n) is 6.19. The highest BCUT2D eigenvalue weighted by Gasteiger charge is 2.19. The van der Waals surface area contributed by atoms with Crippen LogP contribution in [0.4, 0.5) is 5.69 Å². The van der Waals surface area contributed by atoms with Crippen molar-refractivity contribution >= 4 is 38.7 Å². The Morgan fingerprint density at radius 2 is 1.89 bits per heavy atom. The predicted octanol–water partition coefficient (Wildman–Crippen LogP) is 3.65. The van der Waals surface area contributed by atoms with E-state index in [-0.39, 0.29) is 15.5 Å². The first-order chi connectivity index (χ1) is 13.3. The minimum Gasteiger partial charge on any atom is -0.364 e. The summed E-state index contributed by atoms with van der Waals surface area (Å²) in [6.45, 7) is 5.68. The van der Waals surface area contributed by atoms with Gasteiger partial charge in [-0.25, -0.2) is 13.8 Å². The Labute approximate surface area is 167 Å². The molecule has 146 valence electrons. The van der Waals surface area contributed by atoms with Crippen molar-refractivity contribution in [2.75, 3.05) is 4.72 Å². The van der Waals surface area contributed by atoms with E-state index in [0.717, 1.165) is 28.2 Å². The van der Waals surface area contributed by atoms with Gasteiger partial charge in [0, 0.05) is 17.5 Å². The lowest BCUT2D eigenvalue weighted by Gasteiger charge is -2.11. The maximum atomic E-state index is 12.6. The first-order valence-electron chi connectivity index (χ1n) is 8.44. The SMILES string of the molecule is C/C(=N\NC(=O)c1ccccc1NS(=O)(=O)c1cccs1)c1c(C)c[nH]c1C. The van der Waals surface area contributed by atoms with Crippen molar-refractivity contribution in [2.45, 2.75) is 25.0 Å². The molecule has 0 spiro atoms. The van der Waals surface area contributed by atoms with Crippen LogP contribution in [0, 0.1) is 13.8 Å². The van der Waals surface area contributed by atoms with Crippen LogP contribution in [-0.4, -0.2) is 25.0 Å². The number of nitrogens with one attached hydrogen (secondary N) is 3. The summed E-state index contributed by atoms with van der Waals surface area (Å²) in [6, 6.07) is 9.56. The zero-order valence-electron chi connectivity index (χ0n) is 15.6. The Kier molecular flexibility index (Phi) is 5.66. The molecule has 0 unspecified atom stereocenters. The minimum atomic E-state index is -3.76. The Morgan fingerprint density at radius 1 is 1.14 bits per heavy atom. The molecular formula is C19H20N4O3S2. The predicted molar refractivity (Wildman–Crippen MR) is 112 cm³/mol. The number of thiophene rings is 1. The zero-order valence-corrected chi connectivity index (χ0v) is 17.2. The molecule has 0 saturated carbocycles. The van der Waals surface area contributed by atoms with E-state index in [4.69, 9.17) is 0 Å². The molecule has 0 aliphatic rings. The van der Waals surface area contributed by atoms with Crippen molar-refractivity contribution in [1.29, 1.82) is 0 Å². The molecule has 28 heavy (non-hydrogen) atoms. The van der Waals surface area contributed by atoms with Gasteiger partial charge in [0.05, 0.1) is 17.0 Å². The number of para-hydroxylation sites is 1. The number of amides is 1. The number of H-pyrrole nitrogens is 1. The number of carbonyl (C=O) groups excluding carboxylic acids is 1. The Morgan fingerprint density at radius 3 is 2.54 bits per heavy atom. The lowest BCUT2D eigenvalue weighted by molar-refractivity contribution is 0.0955. The lowest BCUT2D eigenvalue weighted by Crippen LogP contribution is -2.22. The molecule has 3 aromatic rings. The third kappa shape index (κ3) is 4.15. The molecule has 0 fully saturated rings. The second-order valence-corrected chi connectivity index (χ2v) is 9.05. The summed E-state index contributed by atoms with van der Waals surface area (Å²) in [4.78, 5) is 15.7. The maximum Gasteiger partial charge on any atom is 0.273 e. The number of anilines is 1. The Bertz CT molecular complexity index is 1110. The number of nitrogens with zero attached hydrogens (tertiary/aromatic N) is 1. The third-order valence-corrected chi connectivity index (χ3v) is 6.90. The normalized spacial score (nSPS) is 12.0. The van der Waals surface area contributed by atoms with Crippen LogP contribution >= 0.6 is 11.3 Å². The van der Waals surface area contributed by atoms with E-state index in [1.807, 2.05) is 20.0 Å². The van der Waals surface area contributed by atoms with Gasteiger partial charge in [-0.2, -0.15) is 5.10 Å². The molecule has 2 aromatic heterocycles. The van der Waals surface area contributed by atoms with Crippen molar-refractivity contribution in [3.8, 4) is 0 Å². The average molecular weight is 417 g/mol. The molecule has 0 aliphatic heterocycles. The number of benzene rings is 1. The largest absolute Gasteiger partial charge is 0.364 e. The van der Waals surface area contributed by atoms with Crippen molar-refractivity contribution in [3.63, 3.8) is 0 Å². The highest BCUT2D eigenvalue weighted by Crippen LogP contribution is 2.23. The van der Waals surface area contributed by atoms with Gasteiger partial charge in [-0.3, -0.25) is 9.52 Å². The van der Waals surface area contributed by atoms with Gasteiger partial charge in [-0.15, -0.1) is 11.3 Å². The maximum absolute atomic E-state index is 12.6. The van der Waals surface area contributed by atoms with Crippen LogP contribution in [0.2, 0.25) is 0 Å². The molecule has 1 aromatic carbocycles. The molecule has 3 N–H and O–H groups in total. The summed E-state index contributed by atoms with van der Waals surface area (Å²) in [7, 11) is -3.76. The summed E-state index contributed by atoms with van der Waals surface area (Å²) in [5.41, 5.74) is 6.45. The number of rotatable bonds is 6. The number of hydrogen-bond donors (Lipinski definition) is 3. The monoisotopic (exact) mass is 416 g/mol. The standard InChI is InChI=1S/C19H20N4O3S2/c1-12-11-20-13(2)18(12)14(3)21-22-19(24)15-7-4-5-8-16(15)23-28(25,26)17-9-6-10-27-17/h4-11,20,23H,1-3H3,(H,22,24)/b21-14+. The van der Waals surface area contributed by atoms with Crippen LogP contribution in [0.1, 0.15) is 34.1 Å². The van der Waals surface area contributed by atoms with Gasteiger partial charge in [0.2, 0.25) is 0 Å². The summed E-state index contributed by atoms with van der Waals surface area (Å²) < 4.78 is 27.6. The van der Waals surface area contributed by atoms with Crippen molar-refractivity contribution in [3.05, 3.63) is 70.4 Å². The highest BCUT2D eigenvalue weighted by atomic mass is 32.2. The summed E-state index contributed by atoms with van der Waals surface area (Å²) in [5, 5.41) is 5.85. The van der Waals surface area contributed by atoms with Gasteiger partial charge in [0.1, 0.15) is 4.21 Å². The molecule has 0 saturated heterocycles. The fraction of sp³-hybridized carbons (Fsp3) is 0.158. The first kappa shape index (κ1) is 19.8. The molecule has 3 rings (SSSR count). The Hall–Kier alpha value is -2.91. The van der Waals surface area contributed by atoms with E-state index in [1.165, 1.54) is 12.1 Å². The summed E-state index contributed by atoms with van der Waals surface area (Å²) in [5.74, 6) is -0.505. The number of aromatic amines is 1.